The molecule has 1 aliphatic rings. The van der Waals surface area contributed by atoms with Crippen LogP contribution in [0.5, 0.6) is 0 Å². The van der Waals surface area contributed by atoms with E-state index in [2.05, 4.69) is 15.1 Å². The Morgan fingerprint density at radius 1 is 1.40 bits per heavy atom. The van der Waals surface area contributed by atoms with Gasteiger partial charge in [-0.15, -0.1) is 0 Å². The monoisotopic (exact) mass is 209 g/mol. The highest BCUT2D eigenvalue weighted by Gasteiger charge is 2.23. The summed E-state index contributed by atoms with van der Waals surface area (Å²) >= 11 is 0. The molecule has 0 amide bonds. The van der Waals surface area contributed by atoms with E-state index in [1.807, 2.05) is 0 Å². The number of carboxylic acids is 1. The average Bonchev–Trinajstić information content (AvgIpc) is 2.61. The number of piperidine rings is 1. The average molecular weight is 209 g/mol. The standard InChI is InChI=1S/C10H15N3O2/c1-7-8(10(14)15)9(12-11-7)13-5-3-2-4-6-13/h2-6H2,1H3,(H,11,12)(H,14,15). The minimum Gasteiger partial charge on any atom is -0.477 e. The quantitative estimate of drug-likeness (QED) is 0.772. The van der Waals surface area contributed by atoms with Gasteiger partial charge in [-0.05, 0) is 26.2 Å². The second-order valence-electron chi connectivity index (χ2n) is 3.90. The van der Waals surface area contributed by atoms with Crippen LogP contribution in [0.15, 0.2) is 0 Å². The molecule has 0 unspecified atom stereocenters. The third-order valence-corrected chi connectivity index (χ3v) is 2.80. The number of hydrogen-bond acceptors (Lipinski definition) is 3. The number of nitrogens with zero attached hydrogens (tertiary/aromatic N) is 2. The summed E-state index contributed by atoms with van der Waals surface area (Å²) in [5, 5.41) is 15.9. The lowest BCUT2D eigenvalue weighted by atomic mass is 10.1. The van der Waals surface area contributed by atoms with Crippen molar-refractivity contribution >= 4 is 11.8 Å². The molecule has 1 fully saturated rings. The van der Waals surface area contributed by atoms with Crippen molar-refractivity contribution < 1.29 is 9.90 Å². The molecule has 0 radical (unpaired) electrons. The van der Waals surface area contributed by atoms with Crippen LogP contribution < -0.4 is 4.90 Å². The topological polar surface area (TPSA) is 69.2 Å². The maximum absolute atomic E-state index is 11.1. The number of hydrogen-bond donors (Lipinski definition) is 2. The molecule has 0 saturated carbocycles. The molecular formula is C10H15N3O2. The van der Waals surface area contributed by atoms with Crippen LogP contribution in [0, 0.1) is 6.92 Å². The molecule has 0 atom stereocenters. The third kappa shape index (κ3) is 1.82. The van der Waals surface area contributed by atoms with Crippen LogP contribution in [-0.4, -0.2) is 34.4 Å². The zero-order chi connectivity index (χ0) is 10.8. The normalized spacial score (nSPS) is 16.7. The number of H-pyrrole nitrogens is 1. The summed E-state index contributed by atoms with van der Waals surface area (Å²) in [6, 6.07) is 0. The van der Waals surface area contributed by atoms with Crippen LogP contribution in [0.4, 0.5) is 5.82 Å². The minimum absolute atomic E-state index is 0.317. The molecule has 2 rings (SSSR count). The molecule has 0 aliphatic carbocycles. The molecule has 0 spiro atoms. The van der Waals surface area contributed by atoms with E-state index in [1.54, 1.807) is 6.92 Å². The smallest absolute Gasteiger partial charge is 0.341 e. The van der Waals surface area contributed by atoms with Crippen molar-refractivity contribution in [1.82, 2.24) is 10.2 Å². The van der Waals surface area contributed by atoms with Gasteiger partial charge in [-0.1, -0.05) is 0 Å². The molecule has 82 valence electrons. The lowest BCUT2D eigenvalue weighted by Gasteiger charge is -2.26. The Morgan fingerprint density at radius 3 is 2.67 bits per heavy atom. The molecule has 1 aromatic rings. The van der Waals surface area contributed by atoms with Gasteiger partial charge >= 0.3 is 5.97 Å². The van der Waals surface area contributed by atoms with E-state index in [0.717, 1.165) is 25.9 Å². The number of anilines is 1. The largest absolute Gasteiger partial charge is 0.477 e. The first-order chi connectivity index (χ1) is 7.20. The second kappa shape index (κ2) is 3.92. The zero-order valence-corrected chi connectivity index (χ0v) is 8.79. The van der Waals surface area contributed by atoms with Crippen LogP contribution >= 0.6 is 0 Å². The van der Waals surface area contributed by atoms with Crippen LogP contribution in [0.2, 0.25) is 0 Å². The van der Waals surface area contributed by atoms with Crippen LogP contribution in [-0.2, 0) is 0 Å². The van der Waals surface area contributed by atoms with Gasteiger partial charge in [-0.3, -0.25) is 5.10 Å². The highest BCUT2D eigenvalue weighted by molar-refractivity contribution is 5.94. The van der Waals surface area contributed by atoms with Gasteiger partial charge in [0.2, 0.25) is 0 Å². The van der Waals surface area contributed by atoms with E-state index in [0.29, 0.717) is 17.1 Å². The molecule has 1 saturated heterocycles. The number of carboxylic acid groups (broad SMARTS) is 1. The lowest BCUT2D eigenvalue weighted by molar-refractivity contribution is 0.0697. The maximum Gasteiger partial charge on any atom is 0.341 e. The fourth-order valence-electron chi connectivity index (χ4n) is 2.01. The van der Waals surface area contributed by atoms with Gasteiger partial charge < -0.3 is 10.0 Å². The lowest BCUT2D eigenvalue weighted by Crippen LogP contribution is -2.31. The van der Waals surface area contributed by atoms with Gasteiger partial charge in [-0.2, -0.15) is 5.10 Å². The van der Waals surface area contributed by atoms with Crippen molar-refractivity contribution in [2.24, 2.45) is 0 Å². The number of aromatic nitrogens is 2. The third-order valence-electron chi connectivity index (χ3n) is 2.80. The number of aromatic amines is 1. The molecule has 5 heteroatoms. The number of aryl methyl sites for hydroxylation is 1. The van der Waals surface area contributed by atoms with Gasteiger partial charge in [-0.25, -0.2) is 4.79 Å². The Balaban J connectivity index is 2.30. The summed E-state index contributed by atoms with van der Waals surface area (Å²) in [6.45, 7) is 3.55. The molecule has 5 nitrogen and oxygen atoms in total. The summed E-state index contributed by atoms with van der Waals surface area (Å²) in [5.41, 5.74) is 0.944. The molecule has 1 aliphatic heterocycles. The van der Waals surface area contributed by atoms with E-state index < -0.39 is 5.97 Å². The van der Waals surface area contributed by atoms with Gasteiger partial charge in [0.15, 0.2) is 5.82 Å². The highest BCUT2D eigenvalue weighted by Crippen LogP contribution is 2.23. The number of carbonyl (C=O) groups is 1. The molecular weight excluding hydrogens is 194 g/mol. The Morgan fingerprint density at radius 2 is 2.07 bits per heavy atom. The number of nitrogens with one attached hydrogen (secondary N) is 1. The Hall–Kier alpha value is -1.52. The van der Waals surface area contributed by atoms with Crippen molar-refractivity contribution in [2.75, 3.05) is 18.0 Å². The SMILES string of the molecule is Cc1[nH]nc(N2CCCCC2)c1C(=O)O. The van der Waals surface area contributed by atoms with Gasteiger partial charge in [0.1, 0.15) is 5.56 Å². The second-order valence-corrected chi connectivity index (χ2v) is 3.90. The highest BCUT2D eigenvalue weighted by atomic mass is 16.4. The summed E-state index contributed by atoms with van der Waals surface area (Å²) in [6.07, 6.45) is 3.46. The van der Waals surface area contributed by atoms with Gasteiger partial charge in [0.05, 0.1) is 0 Å². The molecule has 15 heavy (non-hydrogen) atoms. The van der Waals surface area contributed by atoms with Crippen molar-refractivity contribution in [3.05, 3.63) is 11.3 Å². The Bertz CT molecular complexity index is 367. The predicted molar refractivity (Wildman–Crippen MR) is 56.3 cm³/mol. The zero-order valence-electron chi connectivity index (χ0n) is 8.79. The predicted octanol–water partition coefficient (Wildman–Crippen LogP) is 1.41. The first-order valence-electron chi connectivity index (χ1n) is 5.23. The van der Waals surface area contributed by atoms with Crippen molar-refractivity contribution in [1.29, 1.82) is 0 Å². The Kier molecular flexibility index (Phi) is 2.62. The first-order valence-corrected chi connectivity index (χ1v) is 5.23. The molecule has 2 N–H and O–H groups in total. The van der Waals surface area contributed by atoms with Crippen LogP contribution in [0.3, 0.4) is 0 Å². The van der Waals surface area contributed by atoms with E-state index in [4.69, 9.17) is 5.11 Å². The fourth-order valence-corrected chi connectivity index (χ4v) is 2.01. The van der Waals surface area contributed by atoms with Gasteiger partial charge in [0.25, 0.3) is 0 Å². The maximum atomic E-state index is 11.1. The molecule has 0 bridgehead atoms. The summed E-state index contributed by atoms with van der Waals surface area (Å²) in [7, 11) is 0. The van der Waals surface area contributed by atoms with Crippen molar-refractivity contribution in [2.45, 2.75) is 26.2 Å². The van der Waals surface area contributed by atoms with Crippen LogP contribution in [0.1, 0.15) is 35.3 Å². The van der Waals surface area contributed by atoms with Crippen molar-refractivity contribution in [3.8, 4) is 0 Å². The van der Waals surface area contributed by atoms with E-state index in [9.17, 15) is 4.79 Å². The van der Waals surface area contributed by atoms with Crippen molar-refractivity contribution in [3.63, 3.8) is 0 Å². The van der Waals surface area contributed by atoms with E-state index in [-0.39, 0.29) is 0 Å². The summed E-state index contributed by atoms with van der Waals surface area (Å²) in [5.74, 6) is -0.304. The summed E-state index contributed by atoms with van der Waals surface area (Å²) in [4.78, 5) is 13.1. The molecule has 1 aromatic heterocycles. The first kappa shape index (κ1) is 10.0. The van der Waals surface area contributed by atoms with Crippen LogP contribution in [0.25, 0.3) is 0 Å². The van der Waals surface area contributed by atoms with E-state index >= 15 is 0 Å². The summed E-state index contributed by atoms with van der Waals surface area (Å²) < 4.78 is 0. The number of rotatable bonds is 2. The Labute approximate surface area is 88.1 Å². The fraction of sp³-hybridized carbons (Fsp3) is 0.600. The minimum atomic E-state index is -0.901. The molecule has 0 aromatic carbocycles. The van der Waals surface area contributed by atoms with Gasteiger partial charge in [0, 0.05) is 18.8 Å². The number of aromatic carboxylic acids is 1. The van der Waals surface area contributed by atoms with E-state index in [1.165, 1.54) is 6.42 Å². The molecule has 2 heterocycles.